The number of nitrogens with zero attached hydrogens (tertiary/aromatic N) is 3. The van der Waals surface area contributed by atoms with Gasteiger partial charge in [0, 0.05) is 28.7 Å². The van der Waals surface area contributed by atoms with Gasteiger partial charge in [-0.2, -0.15) is 5.01 Å². The number of anilines is 1. The van der Waals surface area contributed by atoms with Crippen LogP contribution in [-0.2, 0) is 9.53 Å². The summed E-state index contributed by atoms with van der Waals surface area (Å²) in [5.41, 5.74) is 0.720. The van der Waals surface area contributed by atoms with Gasteiger partial charge < -0.3 is 15.2 Å². The lowest BCUT2D eigenvalue weighted by Gasteiger charge is -2.20. The number of hydrogen-bond donors (Lipinski definition) is 2. The lowest BCUT2D eigenvalue weighted by Crippen LogP contribution is -2.25. The number of nitro groups is 1. The number of amides is 2. The van der Waals surface area contributed by atoms with Crippen LogP contribution in [0.1, 0.15) is 34.6 Å². The van der Waals surface area contributed by atoms with Gasteiger partial charge in [0.15, 0.2) is 0 Å². The van der Waals surface area contributed by atoms with Crippen LogP contribution in [-0.4, -0.2) is 32.8 Å². The number of phenolic OH excluding ortho intramolecular Hbond substituents is 1. The summed E-state index contributed by atoms with van der Waals surface area (Å²) in [6.07, 6.45) is -1.22. The van der Waals surface area contributed by atoms with Gasteiger partial charge in [0.05, 0.1) is 21.1 Å². The lowest BCUT2D eigenvalue weighted by atomic mass is 10.1. The molecule has 1 heterocycles. The van der Waals surface area contributed by atoms with Gasteiger partial charge >= 0.3 is 5.69 Å². The number of nitrogens with one attached hydrogen (secondary N) is 1. The molecule has 1 atom stereocenters. The van der Waals surface area contributed by atoms with E-state index in [0.29, 0.717) is 26.3 Å². The van der Waals surface area contributed by atoms with Crippen molar-refractivity contribution in [2.24, 2.45) is 5.10 Å². The van der Waals surface area contributed by atoms with Crippen molar-refractivity contribution in [3.8, 4) is 5.75 Å². The summed E-state index contributed by atoms with van der Waals surface area (Å²) in [5.74, 6) is -1.47. The van der Waals surface area contributed by atoms with E-state index in [0.717, 1.165) is 11.1 Å². The van der Waals surface area contributed by atoms with E-state index in [-0.39, 0.29) is 17.4 Å². The Hall–Kier alpha value is -3.96. The zero-order valence-corrected chi connectivity index (χ0v) is 20.3. The number of carbonyl (C=O) groups excluding carboxylic acids is 2. The maximum atomic E-state index is 12.5. The molecule has 0 aromatic heterocycles. The first kappa shape index (κ1) is 24.2. The molecule has 0 radical (unpaired) electrons. The molecule has 0 saturated carbocycles. The Morgan fingerprint density at radius 3 is 2.51 bits per heavy atom. The fourth-order valence-corrected chi connectivity index (χ4v) is 4.04. The van der Waals surface area contributed by atoms with Crippen LogP contribution in [0.15, 0.2) is 70.2 Å². The van der Waals surface area contributed by atoms with Crippen molar-refractivity contribution >= 4 is 56.6 Å². The monoisotopic (exact) mass is 558 g/mol. The molecule has 12 heteroatoms. The van der Waals surface area contributed by atoms with E-state index in [1.54, 1.807) is 48.5 Å². The third-order valence-electron chi connectivity index (χ3n) is 5.02. The molecule has 178 valence electrons. The molecule has 10 nitrogen and oxygen atoms in total. The van der Waals surface area contributed by atoms with Crippen LogP contribution in [0, 0.1) is 10.1 Å². The van der Waals surface area contributed by atoms with Crippen molar-refractivity contribution in [1.29, 1.82) is 0 Å². The molecule has 2 N–H and O–H groups in total. The van der Waals surface area contributed by atoms with Gasteiger partial charge in [-0.05, 0) is 42.5 Å². The number of benzene rings is 3. The molecule has 3 aromatic rings. The molecular formula is C23H16BrClN4O6. The van der Waals surface area contributed by atoms with Crippen LogP contribution in [0.4, 0.5) is 11.4 Å². The molecular weight excluding hydrogens is 544 g/mol. The van der Waals surface area contributed by atoms with E-state index in [2.05, 4.69) is 26.3 Å². The number of aromatic hydroxyl groups is 1. The average molecular weight is 560 g/mol. The second kappa shape index (κ2) is 9.72. The molecule has 1 aliphatic rings. The fourth-order valence-electron chi connectivity index (χ4n) is 3.36. The van der Waals surface area contributed by atoms with Crippen LogP contribution < -0.4 is 5.32 Å². The quantitative estimate of drug-likeness (QED) is 0.326. The largest absolute Gasteiger partial charge is 0.502 e. The highest BCUT2D eigenvalue weighted by Gasteiger charge is 2.37. The predicted octanol–water partition coefficient (Wildman–Crippen LogP) is 5.21. The van der Waals surface area contributed by atoms with E-state index >= 15 is 0 Å². The molecule has 0 aliphatic carbocycles. The standard InChI is InChI=1S/C23H16BrClN4O6/c1-12(30)28-23(17-10-14(24)11-19(20(17)31)29(33)34)35-22(27-28)13-6-8-15(9-7-13)26-21(32)16-4-2-3-5-18(16)25/h2-11,23,31H,1H3,(H,26,32)/t23-/m0/s1. The Balaban J connectivity index is 1.58. The molecule has 2 amide bonds. The minimum atomic E-state index is -1.22. The summed E-state index contributed by atoms with van der Waals surface area (Å²) in [5, 5.41) is 30.0. The van der Waals surface area contributed by atoms with Crippen LogP contribution in [0.3, 0.4) is 0 Å². The number of rotatable bonds is 5. The minimum absolute atomic E-state index is 0.0105. The lowest BCUT2D eigenvalue weighted by molar-refractivity contribution is -0.386. The van der Waals surface area contributed by atoms with Crippen LogP contribution in [0.5, 0.6) is 5.75 Å². The number of hydrogen-bond acceptors (Lipinski definition) is 7. The topological polar surface area (TPSA) is 134 Å². The molecule has 4 rings (SSSR count). The summed E-state index contributed by atoms with van der Waals surface area (Å²) in [6.45, 7) is 1.25. The Labute approximate surface area is 212 Å². The molecule has 1 aliphatic heterocycles. The summed E-state index contributed by atoms with van der Waals surface area (Å²) in [6, 6.07) is 15.7. The number of carbonyl (C=O) groups is 2. The normalized spacial score (nSPS) is 14.8. The first-order valence-corrected chi connectivity index (χ1v) is 11.2. The highest BCUT2D eigenvalue weighted by atomic mass is 79.9. The second-order valence-corrected chi connectivity index (χ2v) is 8.69. The molecule has 0 spiro atoms. The second-order valence-electron chi connectivity index (χ2n) is 7.37. The first-order valence-electron chi connectivity index (χ1n) is 10.0. The van der Waals surface area contributed by atoms with Gasteiger partial charge in [0.2, 0.25) is 23.8 Å². The maximum Gasteiger partial charge on any atom is 0.312 e. The Morgan fingerprint density at radius 2 is 1.89 bits per heavy atom. The summed E-state index contributed by atoms with van der Waals surface area (Å²) in [7, 11) is 0. The van der Waals surface area contributed by atoms with E-state index < -0.39 is 28.5 Å². The fraction of sp³-hybridized carbons (Fsp3) is 0.0870. The number of phenols is 1. The average Bonchev–Trinajstić information content (AvgIpc) is 3.26. The molecule has 35 heavy (non-hydrogen) atoms. The summed E-state index contributed by atoms with van der Waals surface area (Å²) < 4.78 is 6.15. The number of hydrazone groups is 1. The third kappa shape index (κ3) is 4.96. The van der Waals surface area contributed by atoms with Crippen LogP contribution >= 0.6 is 27.5 Å². The number of ether oxygens (including phenoxy) is 1. The van der Waals surface area contributed by atoms with E-state index in [1.807, 2.05) is 0 Å². The maximum absolute atomic E-state index is 12.5. The SMILES string of the molecule is CC(=O)N1N=C(c2ccc(NC(=O)c3ccccc3Cl)cc2)O[C@H]1c1cc(Br)cc([N+](=O)[O-])c1O. The van der Waals surface area contributed by atoms with Gasteiger partial charge in [-0.15, -0.1) is 5.10 Å². The predicted molar refractivity (Wildman–Crippen MR) is 131 cm³/mol. The zero-order chi connectivity index (χ0) is 25.3. The molecule has 0 unspecified atom stereocenters. The van der Waals surface area contributed by atoms with Crippen molar-refractivity contribution < 1.29 is 24.4 Å². The van der Waals surface area contributed by atoms with Gasteiger partial charge in [0.25, 0.3) is 5.91 Å². The van der Waals surface area contributed by atoms with Gasteiger partial charge in [0.1, 0.15) is 0 Å². The van der Waals surface area contributed by atoms with Gasteiger partial charge in [-0.3, -0.25) is 19.7 Å². The van der Waals surface area contributed by atoms with Crippen molar-refractivity contribution in [1.82, 2.24) is 5.01 Å². The number of halogens is 2. The van der Waals surface area contributed by atoms with Crippen molar-refractivity contribution in [3.63, 3.8) is 0 Å². The summed E-state index contributed by atoms with van der Waals surface area (Å²) >= 11 is 9.24. The zero-order valence-electron chi connectivity index (χ0n) is 17.9. The van der Waals surface area contributed by atoms with Crippen LogP contribution in [0.2, 0.25) is 5.02 Å². The van der Waals surface area contributed by atoms with Gasteiger partial charge in [-0.25, -0.2) is 0 Å². The third-order valence-corrected chi connectivity index (χ3v) is 5.81. The molecule has 3 aromatic carbocycles. The van der Waals surface area contributed by atoms with Crippen LogP contribution in [0.25, 0.3) is 0 Å². The molecule has 0 bridgehead atoms. The smallest absolute Gasteiger partial charge is 0.312 e. The van der Waals surface area contributed by atoms with E-state index in [1.165, 1.54) is 13.0 Å². The Kier molecular flexibility index (Phi) is 6.72. The summed E-state index contributed by atoms with van der Waals surface area (Å²) in [4.78, 5) is 35.2. The van der Waals surface area contributed by atoms with E-state index in [9.17, 15) is 24.8 Å². The van der Waals surface area contributed by atoms with Crippen molar-refractivity contribution in [2.75, 3.05) is 5.32 Å². The van der Waals surface area contributed by atoms with E-state index in [4.69, 9.17) is 16.3 Å². The van der Waals surface area contributed by atoms with Crippen molar-refractivity contribution in [2.45, 2.75) is 13.2 Å². The number of nitro benzene ring substituents is 1. The Bertz CT molecular complexity index is 1380. The highest BCUT2D eigenvalue weighted by molar-refractivity contribution is 9.10. The highest BCUT2D eigenvalue weighted by Crippen LogP contribution is 2.41. The molecule has 0 saturated heterocycles. The molecule has 0 fully saturated rings. The van der Waals surface area contributed by atoms with Crippen molar-refractivity contribution in [3.05, 3.63) is 97.0 Å². The minimum Gasteiger partial charge on any atom is -0.502 e. The first-order chi connectivity index (χ1) is 16.7. The Morgan fingerprint density at radius 1 is 1.20 bits per heavy atom. The van der Waals surface area contributed by atoms with Gasteiger partial charge in [-0.1, -0.05) is 39.7 Å².